The topological polar surface area (TPSA) is 57.8 Å². The number of fused-ring (bicyclic) bond motifs is 1. The summed E-state index contributed by atoms with van der Waals surface area (Å²) < 4.78 is 1.91. The number of carboxylic acids is 1. The molecule has 20 heavy (non-hydrogen) atoms. The van der Waals surface area contributed by atoms with Crippen molar-refractivity contribution in [1.29, 1.82) is 0 Å². The zero-order chi connectivity index (χ0) is 14.5. The molecule has 0 saturated carbocycles. The van der Waals surface area contributed by atoms with Gasteiger partial charge in [-0.1, -0.05) is 13.8 Å². The summed E-state index contributed by atoms with van der Waals surface area (Å²) >= 11 is 0. The Morgan fingerprint density at radius 3 is 2.55 bits per heavy atom. The maximum absolute atomic E-state index is 10.7. The van der Waals surface area contributed by atoms with Crippen LogP contribution in [0.25, 0.3) is 5.65 Å². The molecule has 0 saturated heterocycles. The molecule has 2 heterocycles. The number of imidazole rings is 1. The van der Waals surface area contributed by atoms with Crippen LogP contribution in [0.15, 0.2) is 24.5 Å². The van der Waals surface area contributed by atoms with Crippen LogP contribution in [-0.2, 0) is 11.2 Å². The van der Waals surface area contributed by atoms with Gasteiger partial charge in [0.1, 0.15) is 5.65 Å². The van der Waals surface area contributed by atoms with Crippen molar-refractivity contribution in [2.45, 2.75) is 33.1 Å². The predicted molar refractivity (Wildman–Crippen MR) is 79.3 cm³/mol. The molecule has 0 aliphatic carbocycles. The van der Waals surface area contributed by atoms with Crippen molar-refractivity contribution in [2.75, 3.05) is 18.0 Å². The first kappa shape index (κ1) is 14.4. The number of anilines is 1. The van der Waals surface area contributed by atoms with E-state index in [0.29, 0.717) is 5.69 Å². The summed E-state index contributed by atoms with van der Waals surface area (Å²) in [5.74, 6) is -0.854. The number of carbonyl (C=O) groups is 1. The molecular weight excluding hydrogens is 254 g/mol. The molecule has 0 fully saturated rings. The van der Waals surface area contributed by atoms with Crippen molar-refractivity contribution in [3.8, 4) is 0 Å². The normalized spacial score (nSPS) is 10.9. The number of aliphatic carboxylic acids is 1. The summed E-state index contributed by atoms with van der Waals surface area (Å²) in [6, 6.07) is 4.00. The maximum Gasteiger partial charge on any atom is 0.309 e. The van der Waals surface area contributed by atoms with Crippen LogP contribution >= 0.6 is 0 Å². The molecule has 2 aromatic heterocycles. The van der Waals surface area contributed by atoms with Gasteiger partial charge in [0.25, 0.3) is 0 Å². The summed E-state index contributed by atoms with van der Waals surface area (Å²) in [5, 5.41) is 8.82. The highest BCUT2D eigenvalue weighted by atomic mass is 16.4. The molecule has 0 radical (unpaired) electrons. The monoisotopic (exact) mass is 275 g/mol. The number of hydrogen-bond acceptors (Lipinski definition) is 3. The van der Waals surface area contributed by atoms with Crippen LogP contribution in [0, 0.1) is 0 Å². The zero-order valence-corrected chi connectivity index (χ0v) is 12.0. The zero-order valence-electron chi connectivity index (χ0n) is 12.0. The summed E-state index contributed by atoms with van der Waals surface area (Å²) in [4.78, 5) is 17.4. The van der Waals surface area contributed by atoms with E-state index in [0.717, 1.165) is 37.3 Å². The molecule has 0 aliphatic rings. The number of nitrogens with zero attached hydrogens (tertiary/aromatic N) is 3. The highest BCUT2D eigenvalue weighted by Gasteiger charge is 2.09. The molecule has 0 aromatic carbocycles. The fraction of sp³-hybridized carbons (Fsp3) is 0.467. The quantitative estimate of drug-likeness (QED) is 0.843. The molecule has 108 valence electrons. The molecule has 0 aliphatic heterocycles. The lowest BCUT2D eigenvalue weighted by atomic mass is 10.3. The van der Waals surface area contributed by atoms with Gasteiger partial charge in [0, 0.05) is 25.5 Å². The van der Waals surface area contributed by atoms with Gasteiger partial charge in [-0.25, -0.2) is 4.98 Å². The van der Waals surface area contributed by atoms with Gasteiger partial charge in [0.2, 0.25) is 0 Å². The second kappa shape index (κ2) is 6.41. The predicted octanol–water partition coefficient (Wildman–Crippen LogP) is 2.59. The molecule has 2 aromatic rings. The van der Waals surface area contributed by atoms with E-state index in [1.165, 1.54) is 0 Å². The van der Waals surface area contributed by atoms with Gasteiger partial charge in [-0.15, -0.1) is 0 Å². The minimum absolute atomic E-state index is 0.0371. The molecule has 0 unspecified atom stereocenters. The maximum atomic E-state index is 10.7. The van der Waals surface area contributed by atoms with Crippen LogP contribution in [0.3, 0.4) is 0 Å². The first-order valence-corrected chi connectivity index (χ1v) is 7.08. The van der Waals surface area contributed by atoms with Crippen molar-refractivity contribution in [3.05, 3.63) is 30.2 Å². The van der Waals surface area contributed by atoms with E-state index in [9.17, 15) is 4.79 Å². The summed E-state index contributed by atoms with van der Waals surface area (Å²) in [6.07, 6.45) is 5.99. The van der Waals surface area contributed by atoms with Crippen molar-refractivity contribution in [3.63, 3.8) is 0 Å². The third-order valence-corrected chi connectivity index (χ3v) is 3.17. The third-order valence-electron chi connectivity index (χ3n) is 3.17. The second-order valence-electron chi connectivity index (χ2n) is 4.94. The smallest absolute Gasteiger partial charge is 0.309 e. The molecule has 0 bridgehead atoms. The molecule has 2 rings (SSSR count). The van der Waals surface area contributed by atoms with Gasteiger partial charge in [-0.2, -0.15) is 0 Å². The summed E-state index contributed by atoms with van der Waals surface area (Å²) in [5.41, 5.74) is 2.53. The van der Waals surface area contributed by atoms with Gasteiger partial charge in [0.05, 0.1) is 17.8 Å². The first-order valence-electron chi connectivity index (χ1n) is 7.08. The Morgan fingerprint density at radius 1 is 1.25 bits per heavy atom. The minimum atomic E-state index is -0.854. The van der Waals surface area contributed by atoms with E-state index in [-0.39, 0.29) is 6.42 Å². The van der Waals surface area contributed by atoms with Gasteiger partial charge >= 0.3 is 5.97 Å². The van der Waals surface area contributed by atoms with Gasteiger partial charge in [0.15, 0.2) is 0 Å². The van der Waals surface area contributed by atoms with Crippen LogP contribution < -0.4 is 4.90 Å². The Labute approximate surface area is 118 Å². The van der Waals surface area contributed by atoms with Crippen LogP contribution in [0.4, 0.5) is 5.69 Å². The number of hydrogen-bond donors (Lipinski definition) is 1. The van der Waals surface area contributed by atoms with E-state index >= 15 is 0 Å². The van der Waals surface area contributed by atoms with Crippen LogP contribution in [0.5, 0.6) is 0 Å². The SMILES string of the molecule is CCCN(CCC)c1ccc2nc(CC(=O)O)cn2c1. The van der Waals surface area contributed by atoms with E-state index in [1.54, 1.807) is 6.20 Å². The van der Waals surface area contributed by atoms with Gasteiger partial charge < -0.3 is 14.4 Å². The molecule has 1 N–H and O–H groups in total. The Hall–Kier alpha value is -2.04. The van der Waals surface area contributed by atoms with Crippen LogP contribution in [0.1, 0.15) is 32.4 Å². The minimum Gasteiger partial charge on any atom is -0.481 e. The lowest BCUT2D eigenvalue weighted by molar-refractivity contribution is -0.136. The number of rotatable bonds is 7. The average molecular weight is 275 g/mol. The van der Waals surface area contributed by atoms with E-state index in [4.69, 9.17) is 5.11 Å². The molecule has 0 spiro atoms. The van der Waals surface area contributed by atoms with Crippen molar-refractivity contribution >= 4 is 17.3 Å². The molecular formula is C15H21N3O2. The van der Waals surface area contributed by atoms with Crippen molar-refractivity contribution in [2.24, 2.45) is 0 Å². The highest BCUT2D eigenvalue weighted by molar-refractivity contribution is 5.70. The number of aromatic nitrogens is 2. The Balaban J connectivity index is 2.29. The molecule has 5 nitrogen and oxygen atoms in total. The van der Waals surface area contributed by atoms with E-state index < -0.39 is 5.97 Å². The molecule has 5 heteroatoms. The van der Waals surface area contributed by atoms with E-state index in [1.807, 2.05) is 16.7 Å². The standard InChI is InChI=1S/C15H21N3O2/c1-3-7-17(8-4-2)13-5-6-14-16-12(9-15(19)20)10-18(14)11-13/h5-6,10-11H,3-4,7-9H2,1-2H3,(H,19,20). The lowest BCUT2D eigenvalue weighted by Crippen LogP contribution is -2.25. The fourth-order valence-corrected chi connectivity index (χ4v) is 2.37. The van der Waals surface area contributed by atoms with Gasteiger partial charge in [-0.3, -0.25) is 4.79 Å². The number of pyridine rings is 1. The third kappa shape index (κ3) is 3.29. The lowest BCUT2D eigenvalue weighted by Gasteiger charge is -2.23. The Bertz CT molecular complexity index is 586. The summed E-state index contributed by atoms with van der Waals surface area (Å²) in [6.45, 7) is 6.39. The van der Waals surface area contributed by atoms with Crippen LogP contribution in [0.2, 0.25) is 0 Å². The molecule has 0 amide bonds. The Kier molecular flexibility index (Phi) is 4.61. The molecule has 0 atom stereocenters. The van der Waals surface area contributed by atoms with Crippen molar-refractivity contribution < 1.29 is 9.90 Å². The first-order chi connectivity index (χ1) is 9.63. The fourth-order valence-electron chi connectivity index (χ4n) is 2.37. The second-order valence-corrected chi connectivity index (χ2v) is 4.94. The Morgan fingerprint density at radius 2 is 1.95 bits per heavy atom. The van der Waals surface area contributed by atoms with Crippen LogP contribution in [-0.4, -0.2) is 33.6 Å². The average Bonchev–Trinajstić information content (AvgIpc) is 2.78. The number of carboxylic acid groups (broad SMARTS) is 1. The van der Waals surface area contributed by atoms with E-state index in [2.05, 4.69) is 29.8 Å². The highest BCUT2D eigenvalue weighted by Crippen LogP contribution is 2.17. The van der Waals surface area contributed by atoms with Gasteiger partial charge in [-0.05, 0) is 25.0 Å². The summed E-state index contributed by atoms with van der Waals surface area (Å²) in [7, 11) is 0. The largest absolute Gasteiger partial charge is 0.481 e. The van der Waals surface area contributed by atoms with Crippen molar-refractivity contribution in [1.82, 2.24) is 9.38 Å².